The first-order chi connectivity index (χ1) is 8.24. The zero-order chi connectivity index (χ0) is 12.1. The molecule has 1 aromatic rings. The normalized spacial score (nSPS) is 16.8. The van der Waals surface area contributed by atoms with E-state index in [-0.39, 0.29) is 5.60 Å². The van der Waals surface area contributed by atoms with Gasteiger partial charge in [0.05, 0.1) is 6.61 Å². The number of rotatable bonds is 7. The van der Waals surface area contributed by atoms with Gasteiger partial charge in [-0.15, -0.1) is 0 Å². The number of ether oxygens (including phenoxy) is 2. The van der Waals surface area contributed by atoms with E-state index in [9.17, 15) is 0 Å². The SMILES string of the molecule is COCCNCC1(Oc2ccc(Cl)cc2)CC1. The predicted octanol–water partition coefficient (Wildman–Crippen LogP) is 2.49. The lowest BCUT2D eigenvalue weighted by atomic mass is 10.3. The summed E-state index contributed by atoms with van der Waals surface area (Å²) in [6, 6.07) is 7.53. The van der Waals surface area contributed by atoms with Gasteiger partial charge in [-0.05, 0) is 37.1 Å². The number of halogens is 1. The van der Waals surface area contributed by atoms with Gasteiger partial charge in [-0.1, -0.05) is 11.6 Å². The summed E-state index contributed by atoms with van der Waals surface area (Å²) < 4.78 is 11.0. The van der Waals surface area contributed by atoms with E-state index >= 15 is 0 Å². The average Bonchev–Trinajstić information content (AvgIpc) is 3.08. The van der Waals surface area contributed by atoms with Crippen LogP contribution in [-0.2, 0) is 4.74 Å². The molecule has 1 aliphatic rings. The molecule has 0 bridgehead atoms. The van der Waals surface area contributed by atoms with Crippen molar-refractivity contribution in [2.45, 2.75) is 18.4 Å². The fourth-order valence-corrected chi connectivity index (χ4v) is 1.82. The standard InChI is InChI=1S/C13H18ClNO2/c1-16-9-8-15-10-13(6-7-13)17-12-4-2-11(14)3-5-12/h2-5,15H,6-10H2,1H3. The lowest BCUT2D eigenvalue weighted by Crippen LogP contribution is -2.34. The molecule has 1 N–H and O–H groups in total. The molecule has 3 nitrogen and oxygen atoms in total. The van der Waals surface area contributed by atoms with Gasteiger partial charge in [-0.2, -0.15) is 0 Å². The summed E-state index contributed by atoms with van der Waals surface area (Å²) in [7, 11) is 1.71. The second kappa shape index (κ2) is 5.71. The van der Waals surface area contributed by atoms with Crippen molar-refractivity contribution in [3.05, 3.63) is 29.3 Å². The first kappa shape index (κ1) is 12.7. The zero-order valence-electron chi connectivity index (χ0n) is 10.0. The third-order valence-corrected chi connectivity index (χ3v) is 3.14. The molecule has 1 aliphatic carbocycles. The van der Waals surface area contributed by atoms with Crippen LogP contribution in [0.1, 0.15) is 12.8 Å². The van der Waals surface area contributed by atoms with Gasteiger partial charge in [0.1, 0.15) is 11.4 Å². The summed E-state index contributed by atoms with van der Waals surface area (Å²) in [4.78, 5) is 0. The van der Waals surface area contributed by atoms with E-state index in [1.807, 2.05) is 24.3 Å². The molecule has 1 saturated carbocycles. The molecular formula is C13H18ClNO2. The van der Waals surface area contributed by atoms with Gasteiger partial charge in [-0.25, -0.2) is 0 Å². The van der Waals surface area contributed by atoms with Crippen molar-refractivity contribution >= 4 is 11.6 Å². The van der Waals surface area contributed by atoms with Crippen LogP contribution >= 0.6 is 11.6 Å². The minimum atomic E-state index is -0.0123. The van der Waals surface area contributed by atoms with Crippen molar-refractivity contribution < 1.29 is 9.47 Å². The van der Waals surface area contributed by atoms with Crippen molar-refractivity contribution in [3.63, 3.8) is 0 Å². The van der Waals surface area contributed by atoms with Crippen LogP contribution in [-0.4, -0.2) is 32.4 Å². The molecule has 0 atom stereocenters. The number of hydrogen-bond donors (Lipinski definition) is 1. The maximum Gasteiger partial charge on any atom is 0.122 e. The summed E-state index contributed by atoms with van der Waals surface area (Å²) in [5, 5.41) is 4.08. The molecule has 0 spiro atoms. The highest BCUT2D eigenvalue weighted by atomic mass is 35.5. The Morgan fingerprint density at radius 2 is 2.00 bits per heavy atom. The molecule has 0 aliphatic heterocycles. The second-order valence-corrected chi connectivity index (χ2v) is 4.85. The van der Waals surface area contributed by atoms with Crippen LogP contribution in [0.15, 0.2) is 24.3 Å². The smallest absolute Gasteiger partial charge is 0.122 e. The Morgan fingerprint density at radius 3 is 2.59 bits per heavy atom. The van der Waals surface area contributed by atoms with E-state index in [1.54, 1.807) is 7.11 Å². The number of hydrogen-bond acceptors (Lipinski definition) is 3. The van der Waals surface area contributed by atoms with E-state index in [4.69, 9.17) is 21.1 Å². The fraction of sp³-hybridized carbons (Fsp3) is 0.538. The van der Waals surface area contributed by atoms with Gasteiger partial charge in [0.25, 0.3) is 0 Å². The monoisotopic (exact) mass is 255 g/mol. The third-order valence-electron chi connectivity index (χ3n) is 2.89. The van der Waals surface area contributed by atoms with Gasteiger partial charge < -0.3 is 14.8 Å². The molecule has 0 radical (unpaired) electrons. The number of nitrogens with one attached hydrogen (secondary N) is 1. The molecule has 17 heavy (non-hydrogen) atoms. The first-order valence-electron chi connectivity index (χ1n) is 5.88. The average molecular weight is 256 g/mol. The summed E-state index contributed by atoms with van der Waals surface area (Å²) in [5.41, 5.74) is -0.0123. The maximum absolute atomic E-state index is 5.99. The number of methoxy groups -OCH3 is 1. The van der Waals surface area contributed by atoms with E-state index in [1.165, 1.54) is 0 Å². The molecule has 0 unspecified atom stereocenters. The van der Waals surface area contributed by atoms with Gasteiger partial charge >= 0.3 is 0 Å². The Labute approximate surface area is 107 Å². The van der Waals surface area contributed by atoms with Crippen molar-refractivity contribution in [2.75, 3.05) is 26.8 Å². The summed E-state index contributed by atoms with van der Waals surface area (Å²) >= 11 is 5.84. The van der Waals surface area contributed by atoms with E-state index in [0.29, 0.717) is 0 Å². The van der Waals surface area contributed by atoms with Crippen molar-refractivity contribution in [2.24, 2.45) is 0 Å². The Kier molecular flexibility index (Phi) is 4.26. The van der Waals surface area contributed by atoms with E-state index in [2.05, 4.69) is 5.32 Å². The van der Waals surface area contributed by atoms with Crippen LogP contribution in [0.2, 0.25) is 5.02 Å². The van der Waals surface area contributed by atoms with Crippen molar-refractivity contribution in [1.29, 1.82) is 0 Å². The molecule has 0 heterocycles. The second-order valence-electron chi connectivity index (χ2n) is 4.41. The minimum Gasteiger partial charge on any atom is -0.486 e. The molecular weight excluding hydrogens is 238 g/mol. The zero-order valence-corrected chi connectivity index (χ0v) is 10.8. The molecule has 94 valence electrons. The molecule has 1 fully saturated rings. The summed E-state index contributed by atoms with van der Waals surface area (Å²) in [6.45, 7) is 2.47. The highest BCUT2D eigenvalue weighted by Gasteiger charge is 2.45. The Bertz CT molecular complexity index is 349. The van der Waals surface area contributed by atoms with Gasteiger partial charge in [0.2, 0.25) is 0 Å². The predicted molar refractivity (Wildman–Crippen MR) is 68.8 cm³/mol. The van der Waals surface area contributed by atoms with Gasteiger partial charge in [0.15, 0.2) is 0 Å². The van der Waals surface area contributed by atoms with Crippen LogP contribution in [0.5, 0.6) is 5.75 Å². The number of benzene rings is 1. The van der Waals surface area contributed by atoms with Crippen LogP contribution in [0.3, 0.4) is 0 Å². The fourth-order valence-electron chi connectivity index (χ4n) is 1.70. The summed E-state index contributed by atoms with van der Waals surface area (Å²) in [6.07, 6.45) is 2.21. The lowest BCUT2D eigenvalue weighted by molar-refractivity contribution is 0.162. The first-order valence-corrected chi connectivity index (χ1v) is 6.26. The lowest BCUT2D eigenvalue weighted by Gasteiger charge is -2.18. The molecule has 0 saturated heterocycles. The molecule has 2 rings (SSSR count). The largest absolute Gasteiger partial charge is 0.486 e. The quantitative estimate of drug-likeness (QED) is 0.760. The van der Waals surface area contributed by atoms with E-state index in [0.717, 1.165) is 43.3 Å². The third kappa shape index (κ3) is 3.87. The van der Waals surface area contributed by atoms with Gasteiger partial charge in [-0.3, -0.25) is 0 Å². The highest BCUT2D eigenvalue weighted by molar-refractivity contribution is 6.30. The van der Waals surface area contributed by atoms with Crippen molar-refractivity contribution in [1.82, 2.24) is 5.32 Å². The molecule has 4 heteroatoms. The van der Waals surface area contributed by atoms with Gasteiger partial charge in [0, 0.05) is 25.2 Å². The highest BCUT2D eigenvalue weighted by Crippen LogP contribution is 2.39. The molecule has 1 aromatic carbocycles. The van der Waals surface area contributed by atoms with Crippen LogP contribution in [0.4, 0.5) is 0 Å². The summed E-state index contributed by atoms with van der Waals surface area (Å²) in [5.74, 6) is 0.889. The maximum atomic E-state index is 5.99. The molecule has 0 amide bonds. The van der Waals surface area contributed by atoms with Crippen LogP contribution in [0.25, 0.3) is 0 Å². The Balaban J connectivity index is 1.79. The Hall–Kier alpha value is -0.770. The van der Waals surface area contributed by atoms with Crippen molar-refractivity contribution in [3.8, 4) is 5.75 Å². The minimum absolute atomic E-state index is 0.0123. The topological polar surface area (TPSA) is 30.5 Å². The van der Waals surface area contributed by atoms with Crippen LogP contribution < -0.4 is 10.1 Å². The Morgan fingerprint density at radius 1 is 1.29 bits per heavy atom. The van der Waals surface area contributed by atoms with Crippen LogP contribution in [0, 0.1) is 0 Å². The van der Waals surface area contributed by atoms with E-state index < -0.39 is 0 Å². The molecule has 0 aromatic heterocycles.